The number of aliphatic hydroxyl groups is 1. The Morgan fingerprint density at radius 3 is 2.67 bits per heavy atom. The van der Waals surface area contributed by atoms with Crippen molar-refractivity contribution in [3.63, 3.8) is 0 Å². The number of hydrogen-bond donors (Lipinski definition) is 2. The molecule has 6 nitrogen and oxygen atoms in total. The second-order valence-electron chi connectivity index (χ2n) is 2.96. The van der Waals surface area contributed by atoms with Crippen molar-refractivity contribution in [2.75, 3.05) is 6.54 Å². The molecule has 1 rings (SSSR count). The van der Waals surface area contributed by atoms with Gasteiger partial charge in [-0.2, -0.15) is 0 Å². The fourth-order valence-electron chi connectivity index (χ4n) is 1.31. The van der Waals surface area contributed by atoms with Gasteiger partial charge in [0.15, 0.2) is 5.54 Å². The molecule has 0 bridgehead atoms. The highest BCUT2D eigenvalue weighted by molar-refractivity contribution is 5.79. The van der Waals surface area contributed by atoms with E-state index in [0.29, 0.717) is 0 Å². The maximum atomic E-state index is 10.7. The van der Waals surface area contributed by atoms with Gasteiger partial charge in [-0.3, -0.25) is 0 Å². The Bertz CT molecular complexity index is 220. The molecule has 2 atom stereocenters. The van der Waals surface area contributed by atoms with E-state index in [9.17, 15) is 14.8 Å². The largest absolute Gasteiger partial charge is 0.479 e. The van der Waals surface area contributed by atoms with Gasteiger partial charge in [0.1, 0.15) is 0 Å². The second-order valence-corrected chi connectivity index (χ2v) is 2.96. The zero-order chi connectivity index (χ0) is 9.35. The minimum Gasteiger partial charge on any atom is -0.479 e. The maximum absolute atomic E-state index is 10.7. The van der Waals surface area contributed by atoms with Crippen molar-refractivity contribution in [1.29, 1.82) is 0 Å². The summed E-state index contributed by atoms with van der Waals surface area (Å²) in [6, 6.07) is 0. The van der Waals surface area contributed by atoms with Crippen LogP contribution in [-0.4, -0.2) is 39.4 Å². The first kappa shape index (κ1) is 8.92. The van der Waals surface area contributed by atoms with Crippen LogP contribution in [0.3, 0.4) is 0 Å². The van der Waals surface area contributed by atoms with Crippen LogP contribution < -0.4 is 0 Å². The normalized spacial score (nSPS) is 35.2. The lowest BCUT2D eigenvalue weighted by Crippen LogP contribution is -2.51. The van der Waals surface area contributed by atoms with Gasteiger partial charge in [-0.05, 0) is 13.3 Å². The number of hydrogen-bond acceptors (Lipinski definition) is 4. The number of aliphatic carboxylic acids is 1. The van der Waals surface area contributed by atoms with Crippen LogP contribution >= 0.6 is 0 Å². The van der Waals surface area contributed by atoms with Crippen molar-refractivity contribution in [1.82, 2.24) is 5.01 Å². The Balaban J connectivity index is 2.96. The molecule has 0 amide bonds. The van der Waals surface area contributed by atoms with E-state index in [2.05, 4.69) is 5.29 Å². The van der Waals surface area contributed by atoms with Gasteiger partial charge < -0.3 is 10.2 Å². The van der Waals surface area contributed by atoms with Gasteiger partial charge in [0.25, 0.3) is 0 Å². The molecule has 1 heterocycles. The summed E-state index contributed by atoms with van der Waals surface area (Å²) in [6.07, 6.45) is -0.776. The molecule has 0 spiro atoms. The average Bonchev–Trinajstić information content (AvgIpc) is 2.30. The maximum Gasteiger partial charge on any atom is 0.333 e. The third kappa shape index (κ3) is 0.953. The van der Waals surface area contributed by atoms with Gasteiger partial charge >= 0.3 is 5.97 Å². The predicted molar refractivity (Wildman–Crippen MR) is 39.2 cm³/mol. The summed E-state index contributed by atoms with van der Waals surface area (Å²) in [7, 11) is 0. The molecule has 0 aromatic rings. The van der Waals surface area contributed by atoms with E-state index in [1.165, 1.54) is 6.92 Å². The van der Waals surface area contributed by atoms with Crippen LogP contribution in [0.5, 0.6) is 0 Å². The minimum absolute atomic E-state index is 0.188. The molecule has 1 saturated heterocycles. The van der Waals surface area contributed by atoms with E-state index in [1.807, 2.05) is 0 Å². The van der Waals surface area contributed by atoms with Gasteiger partial charge in [0.2, 0.25) is 0 Å². The molecule has 6 heteroatoms. The summed E-state index contributed by atoms with van der Waals surface area (Å²) < 4.78 is 0. The third-order valence-corrected chi connectivity index (χ3v) is 2.33. The topological polar surface area (TPSA) is 90.2 Å². The zero-order valence-electron chi connectivity index (χ0n) is 6.60. The van der Waals surface area contributed by atoms with Crippen molar-refractivity contribution < 1.29 is 15.0 Å². The molecule has 2 N–H and O–H groups in total. The Morgan fingerprint density at radius 2 is 2.33 bits per heavy atom. The quantitative estimate of drug-likeness (QED) is 0.555. The van der Waals surface area contributed by atoms with Crippen LogP contribution in [0.1, 0.15) is 13.3 Å². The zero-order valence-corrected chi connectivity index (χ0v) is 6.60. The SMILES string of the molecule is C[C@@]1(C(=O)O)[C@@H](O)CCN1N=O. The van der Waals surface area contributed by atoms with Crippen LogP contribution in [0.15, 0.2) is 5.29 Å². The lowest BCUT2D eigenvalue weighted by Gasteiger charge is -2.27. The number of rotatable bonds is 2. The first-order valence-electron chi connectivity index (χ1n) is 3.56. The summed E-state index contributed by atoms with van der Waals surface area (Å²) in [5.74, 6) is -1.23. The highest BCUT2D eigenvalue weighted by Gasteiger charge is 2.51. The van der Waals surface area contributed by atoms with Crippen molar-refractivity contribution in [2.24, 2.45) is 5.29 Å². The summed E-state index contributed by atoms with van der Waals surface area (Å²) in [4.78, 5) is 20.9. The van der Waals surface area contributed by atoms with Crippen LogP contribution in [0.2, 0.25) is 0 Å². The van der Waals surface area contributed by atoms with Crippen molar-refractivity contribution in [3.8, 4) is 0 Å². The minimum atomic E-state index is -1.55. The molecule has 0 aromatic heterocycles. The molecule has 1 aliphatic heterocycles. The van der Waals surface area contributed by atoms with Crippen molar-refractivity contribution >= 4 is 5.97 Å². The van der Waals surface area contributed by atoms with E-state index >= 15 is 0 Å². The number of carboxylic acids is 1. The van der Waals surface area contributed by atoms with Crippen LogP contribution in [0.4, 0.5) is 0 Å². The molecule has 68 valence electrons. The van der Waals surface area contributed by atoms with Crippen LogP contribution in [-0.2, 0) is 4.79 Å². The number of carboxylic acid groups (broad SMARTS) is 1. The number of nitrogens with zero attached hydrogens (tertiary/aromatic N) is 2. The van der Waals surface area contributed by atoms with Crippen LogP contribution in [0.25, 0.3) is 0 Å². The van der Waals surface area contributed by atoms with E-state index in [1.54, 1.807) is 0 Å². The highest BCUT2D eigenvalue weighted by atomic mass is 16.4. The molecule has 1 aliphatic rings. The molecule has 12 heavy (non-hydrogen) atoms. The smallest absolute Gasteiger partial charge is 0.333 e. The molecule has 0 saturated carbocycles. The lowest BCUT2D eigenvalue weighted by atomic mass is 9.97. The Kier molecular flexibility index (Phi) is 2.01. The molecular weight excluding hydrogens is 164 g/mol. The van der Waals surface area contributed by atoms with E-state index in [-0.39, 0.29) is 13.0 Å². The summed E-state index contributed by atoms with van der Waals surface area (Å²) in [5, 5.41) is 21.5. The predicted octanol–water partition coefficient (Wildman–Crippen LogP) is -0.422. The van der Waals surface area contributed by atoms with Gasteiger partial charge in [0, 0.05) is 6.54 Å². The second kappa shape index (κ2) is 2.71. The molecular formula is C6H10N2O4. The van der Waals surface area contributed by atoms with Gasteiger partial charge in [-0.1, -0.05) is 0 Å². The van der Waals surface area contributed by atoms with Crippen molar-refractivity contribution in [3.05, 3.63) is 4.91 Å². The average molecular weight is 174 g/mol. The first-order valence-corrected chi connectivity index (χ1v) is 3.56. The standard InChI is InChI=1S/C6H10N2O4/c1-6(5(10)11)4(9)2-3-8(6)7-12/h4,9H,2-3H2,1H3,(H,10,11)/t4-,6-/m0/s1. The lowest BCUT2D eigenvalue weighted by molar-refractivity contribution is -0.153. The Hall–Kier alpha value is -1.17. The summed E-state index contributed by atoms with van der Waals surface area (Å²) in [5.41, 5.74) is -1.55. The number of aliphatic hydroxyl groups excluding tert-OH is 1. The fraction of sp³-hybridized carbons (Fsp3) is 0.833. The number of nitroso groups, excluding NO2 is 1. The van der Waals surface area contributed by atoms with E-state index < -0.39 is 17.6 Å². The third-order valence-electron chi connectivity index (χ3n) is 2.33. The van der Waals surface area contributed by atoms with Crippen LogP contribution in [0, 0.1) is 4.91 Å². The monoisotopic (exact) mass is 174 g/mol. The summed E-state index contributed by atoms with van der Waals surface area (Å²) in [6.45, 7) is 1.47. The molecule has 0 aromatic carbocycles. The number of carbonyl (C=O) groups is 1. The Morgan fingerprint density at radius 1 is 1.75 bits per heavy atom. The van der Waals surface area contributed by atoms with Gasteiger partial charge in [-0.25, -0.2) is 9.80 Å². The highest BCUT2D eigenvalue weighted by Crippen LogP contribution is 2.29. The fourth-order valence-corrected chi connectivity index (χ4v) is 1.31. The van der Waals surface area contributed by atoms with Gasteiger partial charge in [-0.15, -0.1) is 4.91 Å². The summed E-state index contributed by atoms with van der Waals surface area (Å²) >= 11 is 0. The molecule has 0 aliphatic carbocycles. The van der Waals surface area contributed by atoms with E-state index in [0.717, 1.165) is 5.01 Å². The molecule has 0 unspecified atom stereocenters. The van der Waals surface area contributed by atoms with Gasteiger partial charge in [0.05, 0.1) is 11.4 Å². The van der Waals surface area contributed by atoms with Crippen molar-refractivity contribution in [2.45, 2.75) is 25.0 Å². The molecule has 1 fully saturated rings. The van der Waals surface area contributed by atoms with E-state index in [4.69, 9.17) is 5.11 Å². The Labute approximate surface area is 68.7 Å². The molecule has 0 radical (unpaired) electrons. The first-order chi connectivity index (χ1) is 5.53.